The highest BCUT2D eigenvalue weighted by molar-refractivity contribution is 6.34. The van der Waals surface area contributed by atoms with E-state index in [1.165, 1.54) is 13.2 Å². The normalized spacial score (nSPS) is 24.6. The number of nitrogens with one attached hydrogen (secondary N) is 2. The van der Waals surface area contributed by atoms with Gasteiger partial charge in [0.15, 0.2) is 0 Å². The summed E-state index contributed by atoms with van der Waals surface area (Å²) in [5.74, 6) is -1.44. The van der Waals surface area contributed by atoms with E-state index in [0.717, 1.165) is 12.5 Å². The Bertz CT molecular complexity index is 727. The first-order valence-corrected chi connectivity index (χ1v) is 7.70. The summed E-state index contributed by atoms with van der Waals surface area (Å²) in [7, 11) is 1.30. The second-order valence-electron chi connectivity index (χ2n) is 5.59. The molecule has 2 unspecified atom stereocenters. The number of hydrogen-bond donors (Lipinski definition) is 2. The van der Waals surface area contributed by atoms with Crippen LogP contribution < -0.4 is 10.9 Å². The van der Waals surface area contributed by atoms with Gasteiger partial charge in [-0.05, 0) is 25.0 Å². The lowest BCUT2D eigenvalue weighted by Crippen LogP contribution is -2.43. The van der Waals surface area contributed by atoms with E-state index in [0.29, 0.717) is 30.5 Å². The van der Waals surface area contributed by atoms with Crippen LogP contribution in [0.4, 0.5) is 10.1 Å². The van der Waals surface area contributed by atoms with Gasteiger partial charge in [0.25, 0.3) is 0 Å². The van der Waals surface area contributed by atoms with Crippen LogP contribution in [-0.4, -0.2) is 30.8 Å². The van der Waals surface area contributed by atoms with Crippen LogP contribution in [0, 0.1) is 11.7 Å². The highest BCUT2D eigenvalue weighted by atomic mass is 35.5. The average Bonchev–Trinajstić information content (AvgIpc) is 3.13. The molecule has 1 fully saturated rings. The number of amides is 1. The first-order chi connectivity index (χ1) is 11.5. The van der Waals surface area contributed by atoms with Gasteiger partial charge in [-0.1, -0.05) is 16.8 Å². The van der Waals surface area contributed by atoms with E-state index in [4.69, 9.17) is 21.2 Å². The van der Waals surface area contributed by atoms with Crippen LogP contribution in [0.25, 0.3) is 0 Å². The number of ether oxygens (including phenoxy) is 1. The van der Waals surface area contributed by atoms with Crippen molar-refractivity contribution in [2.75, 3.05) is 12.5 Å². The Hall–Kier alpha value is -2.35. The van der Waals surface area contributed by atoms with E-state index in [1.54, 1.807) is 0 Å². The standard InChI is InChI=1S/C15H15ClFN3O4/c1-23-14(22)15-4-2-3-9(15)13(20-24-15)8-5-12(19-18-7-21)11(17)6-10(8)16/h5-7,9,19H,2-4H2,1H3,(H,18,21). The van der Waals surface area contributed by atoms with Gasteiger partial charge in [-0.2, -0.15) is 0 Å². The lowest BCUT2D eigenvalue weighted by Gasteiger charge is -2.23. The van der Waals surface area contributed by atoms with Crippen molar-refractivity contribution in [3.63, 3.8) is 0 Å². The number of benzene rings is 1. The molecule has 1 aromatic rings. The molecule has 1 aromatic carbocycles. The molecular formula is C15H15ClFN3O4. The molecule has 0 aromatic heterocycles. The van der Waals surface area contributed by atoms with Crippen LogP contribution in [0.15, 0.2) is 17.3 Å². The predicted molar refractivity (Wildman–Crippen MR) is 83.9 cm³/mol. The number of carbonyl (C=O) groups is 2. The Morgan fingerprint density at radius 2 is 2.38 bits per heavy atom. The summed E-state index contributed by atoms with van der Waals surface area (Å²) >= 11 is 6.15. The van der Waals surface area contributed by atoms with Crippen molar-refractivity contribution < 1.29 is 23.6 Å². The molecule has 3 rings (SSSR count). The second kappa shape index (κ2) is 6.27. The van der Waals surface area contributed by atoms with Gasteiger partial charge < -0.3 is 9.57 Å². The van der Waals surface area contributed by atoms with Gasteiger partial charge >= 0.3 is 5.97 Å². The van der Waals surface area contributed by atoms with E-state index < -0.39 is 17.4 Å². The molecule has 2 aliphatic rings. The zero-order chi connectivity index (χ0) is 17.3. The van der Waals surface area contributed by atoms with Crippen molar-refractivity contribution in [1.82, 2.24) is 5.43 Å². The molecule has 0 bridgehead atoms. The van der Waals surface area contributed by atoms with Crippen LogP contribution in [-0.2, 0) is 19.2 Å². The number of fused-ring (bicyclic) bond motifs is 1. The highest BCUT2D eigenvalue weighted by Crippen LogP contribution is 2.47. The second-order valence-corrected chi connectivity index (χ2v) is 6.00. The molecule has 128 valence electrons. The fourth-order valence-electron chi connectivity index (χ4n) is 3.28. The summed E-state index contributed by atoms with van der Waals surface area (Å²) in [6.07, 6.45) is 2.32. The van der Waals surface area contributed by atoms with Gasteiger partial charge in [0, 0.05) is 12.0 Å². The van der Waals surface area contributed by atoms with E-state index in [-0.39, 0.29) is 16.6 Å². The zero-order valence-electron chi connectivity index (χ0n) is 12.8. The molecule has 24 heavy (non-hydrogen) atoms. The van der Waals surface area contributed by atoms with Crippen LogP contribution >= 0.6 is 11.6 Å². The Kier molecular flexibility index (Phi) is 4.31. The van der Waals surface area contributed by atoms with E-state index in [2.05, 4.69) is 16.0 Å². The summed E-state index contributed by atoms with van der Waals surface area (Å²) < 4.78 is 18.8. The minimum atomic E-state index is -1.14. The quantitative estimate of drug-likeness (QED) is 0.479. The van der Waals surface area contributed by atoms with Gasteiger partial charge in [0.1, 0.15) is 5.82 Å². The lowest BCUT2D eigenvalue weighted by atomic mass is 9.84. The summed E-state index contributed by atoms with van der Waals surface area (Å²) in [6, 6.07) is 2.53. The van der Waals surface area contributed by atoms with Crippen molar-refractivity contribution in [2.24, 2.45) is 11.1 Å². The van der Waals surface area contributed by atoms with E-state index in [1.807, 2.05) is 0 Å². The van der Waals surface area contributed by atoms with Crippen LogP contribution in [0.5, 0.6) is 0 Å². The molecule has 1 saturated carbocycles. The summed E-state index contributed by atoms with van der Waals surface area (Å²) in [5, 5.41) is 4.17. The maximum Gasteiger partial charge on any atom is 0.353 e. The van der Waals surface area contributed by atoms with Crippen molar-refractivity contribution in [1.29, 1.82) is 0 Å². The summed E-state index contributed by atoms with van der Waals surface area (Å²) in [4.78, 5) is 28.0. The van der Waals surface area contributed by atoms with Gasteiger partial charge in [0.2, 0.25) is 12.0 Å². The van der Waals surface area contributed by atoms with Gasteiger partial charge in [-0.15, -0.1) is 0 Å². The largest absolute Gasteiger partial charge is 0.466 e. The third-order valence-corrected chi connectivity index (χ3v) is 4.68. The van der Waals surface area contributed by atoms with Crippen molar-refractivity contribution in [3.05, 3.63) is 28.5 Å². The Labute approximate surface area is 142 Å². The number of oxime groups is 1. The smallest absolute Gasteiger partial charge is 0.353 e. The van der Waals surface area contributed by atoms with E-state index >= 15 is 0 Å². The third kappa shape index (κ3) is 2.47. The number of hydrazine groups is 1. The fourth-order valence-corrected chi connectivity index (χ4v) is 3.52. The first kappa shape index (κ1) is 16.5. The maximum atomic E-state index is 13.9. The first-order valence-electron chi connectivity index (χ1n) is 7.32. The summed E-state index contributed by atoms with van der Waals surface area (Å²) in [6.45, 7) is 0. The molecule has 1 aliphatic heterocycles. The topological polar surface area (TPSA) is 89.0 Å². The van der Waals surface area contributed by atoms with Crippen LogP contribution in [0.2, 0.25) is 5.02 Å². The molecular weight excluding hydrogens is 341 g/mol. The maximum absolute atomic E-state index is 13.9. The van der Waals surface area contributed by atoms with Crippen molar-refractivity contribution in [2.45, 2.75) is 24.9 Å². The lowest BCUT2D eigenvalue weighted by molar-refractivity contribution is -0.168. The average molecular weight is 356 g/mol. The highest BCUT2D eigenvalue weighted by Gasteiger charge is 2.59. The number of carbonyl (C=O) groups excluding carboxylic acids is 2. The molecule has 1 heterocycles. The SMILES string of the molecule is COC(=O)C12CCCC1C(c1cc(NNC=O)c(F)cc1Cl)=NO2. The molecule has 1 amide bonds. The minimum absolute atomic E-state index is 0.0257. The number of halogens is 2. The van der Waals surface area contributed by atoms with Gasteiger partial charge in [-0.25, -0.2) is 9.18 Å². The number of methoxy groups -OCH3 is 1. The fraction of sp³-hybridized carbons (Fsp3) is 0.400. The molecule has 0 saturated heterocycles. The van der Waals surface area contributed by atoms with Crippen molar-refractivity contribution in [3.8, 4) is 0 Å². The number of anilines is 1. The Morgan fingerprint density at radius 3 is 3.08 bits per heavy atom. The predicted octanol–water partition coefficient (Wildman–Crippen LogP) is 2.00. The third-order valence-electron chi connectivity index (χ3n) is 4.37. The van der Waals surface area contributed by atoms with Crippen molar-refractivity contribution >= 4 is 35.4 Å². The minimum Gasteiger partial charge on any atom is -0.466 e. The number of hydrogen-bond acceptors (Lipinski definition) is 6. The van der Waals surface area contributed by atoms with E-state index in [9.17, 15) is 14.0 Å². The molecule has 9 heteroatoms. The Balaban J connectivity index is 1.98. The monoisotopic (exact) mass is 355 g/mol. The zero-order valence-corrected chi connectivity index (χ0v) is 13.5. The molecule has 1 aliphatic carbocycles. The number of nitrogens with zero attached hydrogens (tertiary/aromatic N) is 1. The molecule has 0 spiro atoms. The Morgan fingerprint density at radius 1 is 1.58 bits per heavy atom. The number of rotatable bonds is 5. The number of esters is 1. The van der Waals surface area contributed by atoms with Crippen LogP contribution in [0.3, 0.4) is 0 Å². The van der Waals surface area contributed by atoms with Gasteiger partial charge in [0.05, 0.1) is 29.4 Å². The molecule has 7 nitrogen and oxygen atoms in total. The van der Waals surface area contributed by atoms with Crippen LogP contribution in [0.1, 0.15) is 24.8 Å². The van der Waals surface area contributed by atoms with Gasteiger partial charge in [-0.3, -0.25) is 15.6 Å². The summed E-state index contributed by atoms with van der Waals surface area (Å²) in [5.41, 5.74) is 4.37. The molecule has 2 atom stereocenters. The molecule has 2 N–H and O–H groups in total. The molecule has 0 radical (unpaired) electrons.